The molecule has 2 N–H and O–H groups in total. The maximum atomic E-state index is 14.5. The third kappa shape index (κ3) is 4.60. The number of nitrogens with one attached hydrogen (secondary N) is 2. The zero-order chi connectivity index (χ0) is 18.4. The van der Waals surface area contributed by atoms with Crippen LogP contribution in [-0.2, 0) is 9.53 Å². The van der Waals surface area contributed by atoms with Gasteiger partial charge in [0.2, 0.25) is 0 Å². The molecule has 0 saturated carbocycles. The highest BCUT2D eigenvalue weighted by atomic mass is 19.1. The standard InChI is InChI=1S/C18H18F2N2O3/c1-3-25-11(2)17(23)22-16-13(19)9-10-14(15(16)20)21-18(24)12-7-5-4-6-8-12/h4-11H,3H2,1-2H3,(H,21,24)(H,22,23)/t11-/m0/s1. The van der Waals surface area contributed by atoms with Crippen LogP contribution in [0.1, 0.15) is 24.2 Å². The predicted octanol–water partition coefficient (Wildman–Crippen LogP) is 3.58. The Balaban J connectivity index is 2.21. The van der Waals surface area contributed by atoms with Crippen LogP contribution >= 0.6 is 0 Å². The zero-order valence-corrected chi connectivity index (χ0v) is 13.8. The molecule has 0 aliphatic carbocycles. The summed E-state index contributed by atoms with van der Waals surface area (Å²) >= 11 is 0. The number of hydrogen-bond donors (Lipinski definition) is 2. The molecular formula is C18H18F2N2O3. The van der Waals surface area contributed by atoms with Gasteiger partial charge in [0.25, 0.3) is 11.8 Å². The Labute approximate surface area is 144 Å². The number of carbonyl (C=O) groups is 2. The molecule has 2 amide bonds. The van der Waals surface area contributed by atoms with Crippen molar-refractivity contribution in [3.8, 4) is 0 Å². The number of amides is 2. The molecule has 2 rings (SSSR count). The highest BCUT2D eigenvalue weighted by Crippen LogP contribution is 2.26. The Morgan fingerprint density at radius 2 is 1.76 bits per heavy atom. The van der Waals surface area contributed by atoms with E-state index in [9.17, 15) is 18.4 Å². The van der Waals surface area contributed by atoms with E-state index in [-0.39, 0.29) is 12.3 Å². The van der Waals surface area contributed by atoms with Gasteiger partial charge in [0.15, 0.2) is 5.82 Å². The molecule has 2 aromatic carbocycles. The minimum absolute atomic E-state index is 0.241. The van der Waals surface area contributed by atoms with Crippen molar-refractivity contribution in [2.75, 3.05) is 17.2 Å². The third-order valence-corrected chi connectivity index (χ3v) is 3.41. The van der Waals surface area contributed by atoms with Crippen molar-refractivity contribution < 1.29 is 23.1 Å². The lowest BCUT2D eigenvalue weighted by atomic mass is 10.2. The van der Waals surface area contributed by atoms with Gasteiger partial charge < -0.3 is 15.4 Å². The van der Waals surface area contributed by atoms with E-state index in [2.05, 4.69) is 10.6 Å². The lowest BCUT2D eigenvalue weighted by molar-refractivity contribution is -0.126. The quantitative estimate of drug-likeness (QED) is 0.838. The summed E-state index contributed by atoms with van der Waals surface area (Å²) in [5.41, 5.74) is -0.557. The van der Waals surface area contributed by atoms with Crippen LogP contribution < -0.4 is 10.6 Å². The number of ether oxygens (including phenoxy) is 1. The second-order valence-electron chi connectivity index (χ2n) is 5.19. The van der Waals surface area contributed by atoms with Gasteiger partial charge in [-0.1, -0.05) is 18.2 Å². The van der Waals surface area contributed by atoms with Gasteiger partial charge in [0.1, 0.15) is 17.6 Å². The molecule has 0 radical (unpaired) electrons. The van der Waals surface area contributed by atoms with Crippen LogP contribution in [0.3, 0.4) is 0 Å². The topological polar surface area (TPSA) is 67.4 Å². The van der Waals surface area contributed by atoms with E-state index in [0.29, 0.717) is 5.56 Å². The van der Waals surface area contributed by atoms with Crippen molar-refractivity contribution >= 4 is 23.2 Å². The van der Waals surface area contributed by atoms with Gasteiger partial charge in [-0.2, -0.15) is 0 Å². The van der Waals surface area contributed by atoms with Crippen molar-refractivity contribution in [1.29, 1.82) is 0 Å². The molecule has 0 saturated heterocycles. The first-order valence-electron chi connectivity index (χ1n) is 7.71. The molecule has 0 aromatic heterocycles. The Morgan fingerprint density at radius 3 is 2.40 bits per heavy atom. The molecule has 132 valence electrons. The van der Waals surface area contributed by atoms with Crippen molar-refractivity contribution in [2.45, 2.75) is 20.0 Å². The molecule has 7 heteroatoms. The summed E-state index contributed by atoms with van der Waals surface area (Å²) in [4.78, 5) is 24.0. The van der Waals surface area contributed by atoms with Crippen molar-refractivity contribution in [2.24, 2.45) is 0 Å². The van der Waals surface area contributed by atoms with Gasteiger partial charge >= 0.3 is 0 Å². The first-order chi connectivity index (χ1) is 11.9. The molecule has 0 aliphatic heterocycles. The van der Waals surface area contributed by atoms with Crippen LogP contribution in [0.15, 0.2) is 42.5 Å². The van der Waals surface area contributed by atoms with Gasteiger partial charge in [0.05, 0.1) is 5.69 Å². The SMILES string of the molecule is CCO[C@@H](C)C(=O)Nc1c(F)ccc(NC(=O)c2ccccc2)c1F. The normalized spacial score (nSPS) is 11.7. The molecule has 1 atom stereocenters. The van der Waals surface area contributed by atoms with E-state index in [1.807, 2.05) is 0 Å². The molecule has 0 unspecified atom stereocenters. The summed E-state index contributed by atoms with van der Waals surface area (Å²) in [7, 11) is 0. The fraction of sp³-hybridized carbons (Fsp3) is 0.222. The summed E-state index contributed by atoms with van der Waals surface area (Å²) in [6, 6.07) is 10.2. The lowest BCUT2D eigenvalue weighted by Crippen LogP contribution is -2.28. The summed E-state index contributed by atoms with van der Waals surface area (Å²) in [6.07, 6.45) is -0.869. The van der Waals surface area contributed by atoms with E-state index in [1.54, 1.807) is 37.3 Å². The van der Waals surface area contributed by atoms with Crippen molar-refractivity contribution in [3.05, 3.63) is 59.7 Å². The maximum Gasteiger partial charge on any atom is 0.255 e. The zero-order valence-electron chi connectivity index (χ0n) is 13.8. The van der Waals surface area contributed by atoms with Crippen LogP contribution in [-0.4, -0.2) is 24.5 Å². The fourth-order valence-electron chi connectivity index (χ4n) is 2.10. The highest BCUT2D eigenvalue weighted by Gasteiger charge is 2.20. The average Bonchev–Trinajstić information content (AvgIpc) is 2.61. The molecule has 25 heavy (non-hydrogen) atoms. The van der Waals surface area contributed by atoms with E-state index >= 15 is 0 Å². The van der Waals surface area contributed by atoms with Gasteiger partial charge in [-0.05, 0) is 38.1 Å². The van der Waals surface area contributed by atoms with Crippen molar-refractivity contribution in [3.63, 3.8) is 0 Å². The van der Waals surface area contributed by atoms with E-state index in [0.717, 1.165) is 12.1 Å². The van der Waals surface area contributed by atoms with E-state index in [4.69, 9.17) is 4.74 Å². The summed E-state index contributed by atoms with van der Waals surface area (Å²) in [6.45, 7) is 3.45. The van der Waals surface area contributed by atoms with Crippen LogP contribution in [0.2, 0.25) is 0 Å². The molecular weight excluding hydrogens is 330 g/mol. The minimum Gasteiger partial charge on any atom is -0.369 e. The van der Waals surface area contributed by atoms with Crippen LogP contribution in [0.25, 0.3) is 0 Å². The van der Waals surface area contributed by atoms with Crippen LogP contribution in [0.5, 0.6) is 0 Å². The maximum absolute atomic E-state index is 14.5. The summed E-state index contributed by atoms with van der Waals surface area (Å²) in [5.74, 6) is -3.26. The van der Waals surface area contributed by atoms with Gasteiger partial charge in [-0.25, -0.2) is 8.78 Å². The second-order valence-corrected chi connectivity index (χ2v) is 5.19. The number of benzene rings is 2. The largest absolute Gasteiger partial charge is 0.369 e. The predicted molar refractivity (Wildman–Crippen MR) is 90.5 cm³/mol. The van der Waals surface area contributed by atoms with E-state index < -0.39 is 35.2 Å². The monoisotopic (exact) mass is 348 g/mol. The molecule has 0 aliphatic rings. The first-order valence-corrected chi connectivity index (χ1v) is 7.71. The van der Waals surface area contributed by atoms with Crippen LogP contribution in [0.4, 0.5) is 20.2 Å². The lowest BCUT2D eigenvalue weighted by Gasteiger charge is -2.15. The fourth-order valence-corrected chi connectivity index (χ4v) is 2.10. The number of rotatable bonds is 6. The number of hydrogen-bond acceptors (Lipinski definition) is 3. The number of halogens is 2. The summed E-state index contributed by atoms with van der Waals surface area (Å²) in [5, 5.41) is 4.51. The smallest absolute Gasteiger partial charge is 0.255 e. The third-order valence-electron chi connectivity index (χ3n) is 3.41. The molecule has 5 nitrogen and oxygen atoms in total. The molecule has 0 spiro atoms. The molecule has 0 fully saturated rings. The van der Waals surface area contributed by atoms with Crippen LogP contribution in [0, 0.1) is 11.6 Å². The Bertz CT molecular complexity index is 766. The minimum atomic E-state index is -1.07. The molecule has 0 bridgehead atoms. The van der Waals surface area contributed by atoms with E-state index in [1.165, 1.54) is 6.92 Å². The highest BCUT2D eigenvalue weighted by molar-refractivity contribution is 6.05. The van der Waals surface area contributed by atoms with Crippen molar-refractivity contribution in [1.82, 2.24) is 0 Å². The first kappa shape index (κ1) is 18.5. The number of anilines is 2. The molecule has 2 aromatic rings. The van der Waals surface area contributed by atoms with Gasteiger partial charge in [-0.3, -0.25) is 9.59 Å². The second kappa shape index (κ2) is 8.34. The molecule has 0 heterocycles. The van der Waals surface area contributed by atoms with Gasteiger partial charge in [-0.15, -0.1) is 0 Å². The summed E-state index contributed by atoms with van der Waals surface area (Å²) < 4.78 is 33.5. The average molecular weight is 348 g/mol. The Morgan fingerprint density at radius 1 is 1.08 bits per heavy atom. The number of carbonyl (C=O) groups excluding carboxylic acids is 2. The Kier molecular flexibility index (Phi) is 6.19. The van der Waals surface area contributed by atoms with Gasteiger partial charge in [0, 0.05) is 12.2 Å². The Hall–Kier alpha value is -2.80.